The van der Waals surface area contributed by atoms with Gasteiger partial charge in [0, 0.05) is 12.6 Å². The van der Waals surface area contributed by atoms with Crippen LogP contribution in [0, 0.1) is 0 Å². The molecule has 0 radical (unpaired) electrons. The number of carboxylic acids is 1. The van der Waals surface area contributed by atoms with Gasteiger partial charge in [-0.2, -0.15) is 0 Å². The molecule has 0 unspecified atom stereocenters. The summed E-state index contributed by atoms with van der Waals surface area (Å²) >= 11 is 0. The average molecular weight is 273 g/mol. The van der Waals surface area contributed by atoms with Gasteiger partial charge in [0.25, 0.3) is 0 Å². The third-order valence-corrected chi connectivity index (χ3v) is 2.84. The number of carboxylic acid groups (broad SMARTS) is 1. The minimum absolute atomic E-state index is 0.0282. The molecule has 5 N–H and O–H groups in total. The Bertz CT molecular complexity index is 354. The Labute approximate surface area is 110 Å². The minimum atomic E-state index is -1.31. The van der Waals surface area contributed by atoms with E-state index >= 15 is 0 Å². The maximum absolute atomic E-state index is 11.5. The number of nitrogens with one attached hydrogen (secondary N) is 2. The molecule has 0 heterocycles. The van der Waals surface area contributed by atoms with Crippen molar-refractivity contribution in [3.05, 3.63) is 0 Å². The highest BCUT2D eigenvalue weighted by atomic mass is 16.5. The first-order valence-electron chi connectivity index (χ1n) is 6.12. The summed E-state index contributed by atoms with van der Waals surface area (Å²) in [6, 6.07) is -1.95. The molecule has 0 spiro atoms. The van der Waals surface area contributed by atoms with Crippen LogP contribution in [0.2, 0.25) is 0 Å². The van der Waals surface area contributed by atoms with Crippen LogP contribution in [0.3, 0.4) is 0 Å². The Morgan fingerprint density at radius 1 is 1.42 bits per heavy atom. The van der Waals surface area contributed by atoms with Crippen molar-refractivity contribution in [2.45, 2.75) is 44.4 Å². The number of aliphatic carboxylic acids is 1. The largest absolute Gasteiger partial charge is 0.480 e. The van der Waals surface area contributed by atoms with Crippen LogP contribution in [0.25, 0.3) is 0 Å². The first kappa shape index (κ1) is 15.2. The first-order chi connectivity index (χ1) is 8.92. The second kappa shape index (κ2) is 6.93. The molecule has 0 aromatic heterocycles. The van der Waals surface area contributed by atoms with Crippen molar-refractivity contribution >= 4 is 17.9 Å². The van der Waals surface area contributed by atoms with E-state index in [9.17, 15) is 14.4 Å². The zero-order chi connectivity index (χ0) is 14.4. The molecule has 8 nitrogen and oxygen atoms in total. The molecule has 1 aliphatic carbocycles. The van der Waals surface area contributed by atoms with Crippen LogP contribution >= 0.6 is 0 Å². The lowest BCUT2D eigenvalue weighted by Crippen LogP contribution is -2.54. The van der Waals surface area contributed by atoms with Crippen LogP contribution in [-0.4, -0.2) is 47.8 Å². The topological polar surface area (TPSA) is 131 Å². The number of hydrogen-bond acceptors (Lipinski definition) is 4. The number of nitrogens with two attached hydrogens (primary N) is 1. The summed E-state index contributed by atoms with van der Waals surface area (Å²) in [5.74, 6) is -2.08. The SMILES string of the molecule is CCOC1CC(NC(=O)N[C@H](CC(N)=O)C(=O)O)C1. The molecular formula is C11H19N3O5. The molecule has 1 saturated carbocycles. The fourth-order valence-electron chi connectivity index (χ4n) is 1.84. The van der Waals surface area contributed by atoms with Crippen LogP contribution in [0.15, 0.2) is 0 Å². The zero-order valence-electron chi connectivity index (χ0n) is 10.7. The lowest BCUT2D eigenvalue weighted by molar-refractivity contribution is -0.140. The predicted molar refractivity (Wildman–Crippen MR) is 65.3 cm³/mol. The quantitative estimate of drug-likeness (QED) is 0.481. The standard InChI is InChI=1S/C11H19N3O5/c1-2-19-7-3-6(4-7)13-11(18)14-8(10(16)17)5-9(12)15/h6-8H,2-5H2,1H3,(H2,12,15)(H,16,17)(H2,13,14,18)/t6?,7?,8-/m1/s1. The van der Waals surface area contributed by atoms with Gasteiger partial charge in [0.05, 0.1) is 12.5 Å². The van der Waals surface area contributed by atoms with Crippen molar-refractivity contribution < 1.29 is 24.2 Å². The molecule has 0 bridgehead atoms. The predicted octanol–water partition coefficient (Wildman–Crippen LogP) is -0.818. The van der Waals surface area contributed by atoms with Gasteiger partial charge in [0.2, 0.25) is 5.91 Å². The van der Waals surface area contributed by atoms with Crippen molar-refractivity contribution in [3.8, 4) is 0 Å². The van der Waals surface area contributed by atoms with Gasteiger partial charge >= 0.3 is 12.0 Å². The zero-order valence-corrected chi connectivity index (χ0v) is 10.7. The van der Waals surface area contributed by atoms with Gasteiger partial charge in [0.15, 0.2) is 0 Å². The van der Waals surface area contributed by atoms with Gasteiger partial charge in [-0.3, -0.25) is 4.79 Å². The van der Waals surface area contributed by atoms with Crippen LogP contribution in [0.4, 0.5) is 4.79 Å². The van der Waals surface area contributed by atoms with E-state index in [2.05, 4.69) is 10.6 Å². The van der Waals surface area contributed by atoms with Gasteiger partial charge in [-0.05, 0) is 19.8 Å². The number of primary amides is 1. The Hall–Kier alpha value is -1.83. The van der Waals surface area contributed by atoms with E-state index in [1.807, 2.05) is 6.92 Å². The van der Waals surface area contributed by atoms with E-state index in [4.69, 9.17) is 15.6 Å². The van der Waals surface area contributed by atoms with Gasteiger partial charge < -0.3 is 26.2 Å². The molecular weight excluding hydrogens is 254 g/mol. The summed E-state index contributed by atoms with van der Waals surface area (Å²) in [5.41, 5.74) is 4.91. The van der Waals surface area contributed by atoms with Crippen molar-refractivity contribution in [3.63, 3.8) is 0 Å². The number of hydrogen-bond donors (Lipinski definition) is 4. The summed E-state index contributed by atoms with van der Waals surface area (Å²) in [5, 5.41) is 13.6. The molecule has 108 valence electrons. The normalized spacial score (nSPS) is 23.0. The Kier molecular flexibility index (Phi) is 5.56. The number of carbonyl (C=O) groups is 3. The van der Waals surface area contributed by atoms with E-state index in [0.717, 1.165) is 0 Å². The Balaban J connectivity index is 2.30. The molecule has 0 aliphatic heterocycles. The molecule has 1 rings (SSSR count). The van der Waals surface area contributed by atoms with Crippen molar-refractivity contribution in [2.24, 2.45) is 5.73 Å². The summed E-state index contributed by atoms with van der Waals surface area (Å²) in [6.45, 7) is 2.53. The van der Waals surface area contributed by atoms with Gasteiger partial charge in [-0.1, -0.05) is 0 Å². The number of amides is 3. The number of carbonyl (C=O) groups excluding carboxylic acids is 2. The second-order valence-electron chi connectivity index (χ2n) is 4.42. The summed E-state index contributed by atoms with van der Waals surface area (Å²) in [4.78, 5) is 33.0. The molecule has 0 saturated heterocycles. The van der Waals surface area contributed by atoms with Gasteiger partial charge in [-0.15, -0.1) is 0 Å². The van der Waals surface area contributed by atoms with E-state index in [0.29, 0.717) is 19.4 Å². The molecule has 19 heavy (non-hydrogen) atoms. The smallest absolute Gasteiger partial charge is 0.326 e. The summed E-state index contributed by atoms with van der Waals surface area (Å²) < 4.78 is 5.33. The second-order valence-corrected chi connectivity index (χ2v) is 4.42. The highest BCUT2D eigenvalue weighted by molar-refractivity contribution is 5.87. The highest BCUT2D eigenvalue weighted by Crippen LogP contribution is 2.22. The van der Waals surface area contributed by atoms with Crippen LogP contribution < -0.4 is 16.4 Å². The maximum Gasteiger partial charge on any atom is 0.326 e. The van der Waals surface area contributed by atoms with Crippen molar-refractivity contribution in [2.75, 3.05) is 6.61 Å². The third kappa shape index (κ3) is 5.12. The van der Waals surface area contributed by atoms with Gasteiger partial charge in [-0.25, -0.2) is 9.59 Å². The van der Waals surface area contributed by atoms with E-state index in [-0.39, 0.29) is 12.1 Å². The minimum Gasteiger partial charge on any atom is -0.480 e. The molecule has 8 heteroatoms. The average Bonchev–Trinajstić information content (AvgIpc) is 2.24. The lowest BCUT2D eigenvalue weighted by atomic mass is 9.89. The summed E-state index contributed by atoms with van der Waals surface area (Å²) in [6.07, 6.45) is 1.12. The number of ether oxygens (including phenoxy) is 1. The van der Waals surface area contributed by atoms with Crippen LogP contribution in [0.5, 0.6) is 0 Å². The van der Waals surface area contributed by atoms with Crippen molar-refractivity contribution in [1.29, 1.82) is 0 Å². The highest BCUT2D eigenvalue weighted by Gasteiger charge is 2.31. The van der Waals surface area contributed by atoms with Gasteiger partial charge in [0.1, 0.15) is 6.04 Å². The van der Waals surface area contributed by atoms with E-state index < -0.39 is 30.4 Å². The number of urea groups is 1. The van der Waals surface area contributed by atoms with Crippen LogP contribution in [0.1, 0.15) is 26.2 Å². The Morgan fingerprint density at radius 3 is 2.53 bits per heavy atom. The fourth-order valence-corrected chi connectivity index (χ4v) is 1.84. The lowest BCUT2D eigenvalue weighted by Gasteiger charge is -2.35. The van der Waals surface area contributed by atoms with Crippen molar-refractivity contribution in [1.82, 2.24) is 10.6 Å². The summed E-state index contributed by atoms with van der Waals surface area (Å²) in [7, 11) is 0. The monoisotopic (exact) mass is 273 g/mol. The number of rotatable bonds is 7. The first-order valence-corrected chi connectivity index (χ1v) is 6.12. The maximum atomic E-state index is 11.5. The van der Waals surface area contributed by atoms with Crippen LogP contribution in [-0.2, 0) is 14.3 Å². The third-order valence-electron chi connectivity index (χ3n) is 2.84. The molecule has 1 fully saturated rings. The Morgan fingerprint density at radius 2 is 2.05 bits per heavy atom. The van der Waals surface area contributed by atoms with E-state index in [1.165, 1.54) is 0 Å². The molecule has 3 amide bonds. The fraction of sp³-hybridized carbons (Fsp3) is 0.727. The molecule has 0 aromatic rings. The molecule has 1 aliphatic rings. The van der Waals surface area contributed by atoms with E-state index in [1.54, 1.807) is 0 Å². The molecule has 1 atom stereocenters. The molecule has 0 aromatic carbocycles.